The predicted octanol–water partition coefficient (Wildman–Crippen LogP) is 2.16. The van der Waals surface area contributed by atoms with Gasteiger partial charge in [-0.3, -0.25) is 4.79 Å². The van der Waals surface area contributed by atoms with Gasteiger partial charge in [-0.1, -0.05) is 6.42 Å². The lowest BCUT2D eigenvalue weighted by Gasteiger charge is -2.30. The molecule has 3 rings (SSSR count). The van der Waals surface area contributed by atoms with Crippen LogP contribution >= 0.6 is 0 Å². The van der Waals surface area contributed by atoms with E-state index < -0.39 is 0 Å². The van der Waals surface area contributed by atoms with Crippen LogP contribution in [0.2, 0.25) is 0 Å². The monoisotopic (exact) mass is 248 g/mol. The van der Waals surface area contributed by atoms with Gasteiger partial charge in [0.2, 0.25) is 5.91 Å². The highest BCUT2D eigenvalue weighted by atomic mass is 16.3. The van der Waals surface area contributed by atoms with Gasteiger partial charge in [0.1, 0.15) is 6.26 Å². The summed E-state index contributed by atoms with van der Waals surface area (Å²) >= 11 is 0. The maximum Gasteiger partial charge on any atom is 0.244 e. The van der Waals surface area contributed by atoms with Gasteiger partial charge in [-0.15, -0.1) is 0 Å². The molecular formula is C14H20N2O2. The van der Waals surface area contributed by atoms with E-state index in [1.165, 1.54) is 12.8 Å². The van der Waals surface area contributed by atoms with Crippen molar-refractivity contribution in [3.05, 3.63) is 18.6 Å². The minimum absolute atomic E-state index is 0.0505. The van der Waals surface area contributed by atoms with Gasteiger partial charge in [0.15, 0.2) is 0 Å². The number of fused-ring (bicyclic) bond motifs is 1. The molecule has 1 aromatic rings. The van der Waals surface area contributed by atoms with Gasteiger partial charge in [0, 0.05) is 12.1 Å². The summed E-state index contributed by atoms with van der Waals surface area (Å²) in [4.78, 5) is 14.6. The van der Waals surface area contributed by atoms with Crippen LogP contribution in [0.1, 0.15) is 32.1 Å². The molecule has 1 aliphatic heterocycles. The van der Waals surface area contributed by atoms with E-state index in [2.05, 4.69) is 5.32 Å². The Morgan fingerprint density at radius 1 is 1.33 bits per heavy atom. The third-order valence-corrected chi connectivity index (χ3v) is 4.45. The number of anilines is 1. The highest BCUT2D eigenvalue weighted by Gasteiger charge is 2.41. The lowest BCUT2D eigenvalue weighted by molar-refractivity contribution is -0.120. The number of rotatable bonds is 2. The van der Waals surface area contributed by atoms with Crippen LogP contribution in [0, 0.1) is 5.92 Å². The molecule has 2 heterocycles. The van der Waals surface area contributed by atoms with Crippen LogP contribution in [0.15, 0.2) is 23.0 Å². The molecule has 1 saturated carbocycles. The molecular weight excluding hydrogens is 228 g/mol. The van der Waals surface area contributed by atoms with Crippen molar-refractivity contribution in [1.29, 1.82) is 0 Å². The van der Waals surface area contributed by atoms with Crippen molar-refractivity contribution in [2.75, 3.05) is 11.9 Å². The number of nitrogens with zero attached hydrogens (tertiary/aromatic N) is 1. The number of hydrogen-bond acceptors (Lipinski definition) is 3. The average molecular weight is 248 g/mol. The molecule has 3 atom stereocenters. The SMILES string of the molecule is CNC1CCC2CCCC2N(c2ccoc2)C1=O. The maximum atomic E-state index is 12.6. The van der Waals surface area contributed by atoms with E-state index >= 15 is 0 Å². The summed E-state index contributed by atoms with van der Waals surface area (Å²) in [5, 5.41) is 3.15. The Morgan fingerprint density at radius 3 is 2.94 bits per heavy atom. The maximum absolute atomic E-state index is 12.6. The van der Waals surface area contributed by atoms with Crippen LogP contribution in [-0.4, -0.2) is 25.0 Å². The first-order chi connectivity index (χ1) is 8.81. The zero-order valence-electron chi connectivity index (χ0n) is 10.8. The zero-order valence-corrected chi connectivity index (χ0v) is 10.8. The van der Waals surface area contributed by atoms with Gasteiger partial charge < -0.3 is 14.6 Å². The van der Waals surface area contributed by atoms with E-state index in [0.29, 0.717) is 12.0 Å². The fourth-order valence-electron chi connectivity index (χ4n) is 3.51. The third-order valence-electron chi connectivity index (χ3n) is 4.45. The van der Waals surface area contributed by atoms with E-state index in [4.69, 9.17) is 4.42 Å². The molecule has 2 aliphatic rings. The number of hydrogen-bond donors (Lipinski definition) is 1. The van der Waals surface area contributed by atoms with Crippen molar-refractivity contribution in [1.82, 2.24) is 5.32 Å². The van der Waals surface area contributed by atoms with Gasteiger partial charge >= 0.3 is 0 Å². The molecule has 1 aromatic heterocycles. The molecule has 4 nitrogen and oxygen atoms in total. The molecule has 18 heavy (non-hydrogen) atoms. The summed E-state index contributed by atoms with van der Waals surface area (Å²) in [5.41, 5.74) is 0.916. The average Bonchev–Trinajstić information content (AvgIpc) is 3.01. The van der Waals surface area contributed by atoms with Gasteiger partial charge in [0.05, 0.1) is 18.0 Å². The molecule has 0 spiro atoms. The first-order valence-corrected chi connectivity index (χ1v) is 6.84. The summed E-state index contributed by atoms with van der Waals surface area (Å²) < 4.78 is 5.16. The molecule has 1 amide bonds. The second kappa shape index (κ2) is 4.76. The molecule has 0 radical (unpaired) electrons. The first-order valence-electron chi connectivity index (χ1n) is 6.84. The summed E-state index contributed by atoms with van der Waals surface area (Å²) in [6.07, 6.45) is 9.04. The Morgan fingerprint density at radius 2 is 2.22 bits per heavy atom. The minimum Gasteiger partial charge on any atom is -0.470 e. The van der Waals surface area contributed by atoms with Crippen LogP contribution in [0.5, 0.6) is 0 Å². The van der Waals surface area contributed by atoms with Crippen LogP contribution in [0.25, 0.3) is 0 Å². The van der Waals surface area contributed by atoms with Gasteiger partial charge in [-0.05, 0) is 38.6 Å². The molecule has 0 bridgehead atoms. The zero-order chi connectivity index (χ0) is 12.5. The smallest absolute Gasteiger partial charge is 0.244 e. The van der Waals surface area contributed by atoms with Crippen molar-refractivity contribution >= 4 is 11.6 Å². The molecule has 98 valence electrons. The van der Waals surface area contributed by atoms with Gasteiger partial charge in [0.25, 0.3) is 0 Å². The van der Waals surface area contributed by atoms with E-state index in [9.17, 15) is 4.79 Å². The Kier molecular flexibility index (Phi) is 3.12. The Labute approximate surface area is 107 Å². The molecule has 1 aliphatic carbocycles. The molecule has 1 saturated heterocycles. The van der Waals surface area contributed by atoms with Crippen LogP contribution in [0.3, 0.4) is 0 Å². The fourth-order valence-corrected chi connectivity index (χ4v) is 3.51. The van der Waals surface area contributed by atoms with Crippen molar-refractivity contribution in [2.24, 2.45) is 5.92 Å². The standard InChI is InChI=1S/C14H20N2O2/c1-15-12-6-5-10-3-2-4-13(10)16(14(12)17)11-7-8-18-9-11/h7-10,12-13,15H,2-6H2,1H3. The lowest BCUT2D eigenvalue weighted by Crippen LogP contribution is -2.48. The quantitative estimate of drug-likeness (QED) is 0.872. The molecule has 0 aromatic carbocycles. The van der Waals surface area contributed by atoms with Crippen molar-refractivity contribution in [3.63, 3.8) is 0 Å². The van der Waals surface area contributed by atoms with E-state index in [-0.39, 0.29) is 11.9 Å². The number of amides is 1. The van der Waals surface area contributed by atoms with E-state index in [0.717, 1.165) is 24.9 Å². The summed E-state index contributed by atoms with van der Waals surface area (Å²) in [5.74, 6) is 0.857. The lowest BCUT2D eigenvalue weighted by atomic mass is 9.97. The number of carbonyl (C=O) groups is 1. The molecule has 1 N–H and O–H groups in total. The fraction of sp³-hybridized carbons (Fsp3) is 0.643. The van der Waals surface area contributed by atoms with Gasteiger partial charge in [-0.25, -0.2) is 0 Å². The second-order valence-electron chi connectivity index (χ2n) is 5.37. The first kappa shape index (κ1) is 11.8. The van der Waals surface area contributed by atoms with E-state index in [1.807, 2.05) is 18.0 Å². The Balaban J connectivity index is 1.96. The third kappa shape index (κ3) is 1.85. The number of furan rings is 1. The Hall–Kier alpha value is -1.29. The topological polar surface area (TPSA) is 45.5 Å². The minimum atomic E-state index is -0.0505. The normalized spacial score (nSPS) is 32.4. The second-order valence-corrected chi connectivity index (χ2v) is 5.37. The highest BCUT2D eigenvalue weighted by Crippen LogP contribution is 2.38. The summed E-state index contributed by atoms with van der Waals surface area (Å²) in [6.45, 7) is 0. The van der Waals surface area contributed by atoms with Crippen LogP contribution in [-0.2, 0) is 4.79 Å². The van der Waals surface area contributed by atoms with Gasteiger partial charge in [-0.2, -0.15) is 0 Å². The number of nitrogens with one attached hydrogen (secondary N) is 1. The summed E-state index contributed by atoms with van der Waals surface area (Å²) in [6, 6.07) is 2.21. The summed E-state index contributed by atoms with van der Waals surface area (Å²) in [7, 11) is 1.87. The highest BCUT2D eigenvalue weighted by molar-refractivity contribution is 5.98. The number of carbonyl (C=O) groups excluding carboxylic acids is 1. The number of likely N-dealkylation sites (N-methyl/N-ethyl adjacent to an activating group) is 1. The van der Waals surface area contributed by atoms with Crippen molar-refractivity contribution in [2.45, 2.75) is 44.2 Å². The van der Waals surface area contributed by atoms with Crippen LogP contribution in [0.4, 0.5) is 5.69 Å². The largest absolute Gasteiger partial charge is 0.470 e. The van der Waals surface area contributed by atoms with Crippen molar-refractivity contribution < 1.29 is 9.21 Å². The molecule has 3 unspecified atom stereocenters. The predicted molar refractivity (Wildman–Crippen MR) is 69.4 cm³/mol. The molecule has 4 heteroatoms. The molecule has 2 fully saturated rings. The van der Waals surface area contributed by atoms with Crippen LogP contribution < -0.4 is 10.2 Å². The van der Waals surface area contributed by atoms with E-state index in [1.54, 1.807) is 12.5 Å². The Bertz CT molecular complexity index is 415. The van der Waals surface area contributed by atoms with Crippen molar-refractivity contribution in [3.8, 4) is 0 Å².